The number of fused-ring (bicyclic) bond motifs is 2. The fraction of sp³-hybridized carbons (Fsp3) is 0.292. The second-order valence-corrected chi connectivity index (χ2v) is 7.44. The van der Waals surface area contributed by atoms with E-state index in [0.717, 1.165) is 46.4 Å². The molecule has 0 N–H and O–H groups in total. The van der Waals surface area contributed by atoms with Crippen molar-refractivity contribution in [2.75, 3.05) is 13.7 Å². The first-order valence-electron chi connectivity index (χ1n) is 9.60. The van der Waals surface area contributed by atoms with Crippen molar-refractivity contribution in [3.63, 3.8) is 0 Å². The number of amides is 1. The molecule has 1 aliphatic heterocycles. The summed E-state index contributed by atoms with van der Waals surface area (Å²) in [5.74, 6) is 1.65. The van der Waals surface area contributed by atoms with Gasteiger partial charge in [-0.15, -0.1) is 0 Å². The molecule has 1 aliphatic rings. The van der Waals surface area contributed by atoms with E-state index >= 15 is 0 Å². The highest BCUT2D eigenvalue weighted by Gasteiger charge is 2.20. The number of hydrogen-bond acceptors (Lipinski definition) is 3. The first kappa shape index (κ1) is 18.4. The SMILES string of the molecule is COc1cc2oc(C)c(C)c2cc1/C(C)=C/C(=O)N1CCc2ccccc2C1. The Morgan fingerprint density at radius 3 is 2.68 bits per heavy atom. The van der Waals surface area contributed by atoms with Crippen LogP contribution in [0.15, 0.2) is 46.9 Å². The molecule has 0 saturated carbocycles. The van der Waals surface area contributed by atoms with E-state index in [-0.39, 0.29) is 5.91 Å². The molecule has 2 aromatic carbocycles. The molecule has 0 aliphatic carbocycles. The average Bonchev–Trinajstić information content (AvgIpc) is 2.99. The molecule has 3 aromatic rings. The lowest BCUT2D eigenvalue weighted by molar-refractivity contribution is -0.126. The van der Waals surface area contributed by atoms with Crippen molar-refractivity contribution in [2.45, 2.75) is 33.7 Å². The fourth-order valence-electron chi connectivity index (χ4n) is 3.88. The summed E-state index contributed by atoms with van der Waals surface area (Å²) < 4.78 is 11.4. The van der Waals surface area contributed by atoms with Gasteiger partial charge in [0.2, 0.25) is 5.91 Å². The minimum absolute atomic E-state index is 0.0363. The lowest BCUT2D eigenvalue weighted by atomic mass is 9.99. The Hall–Kier alpha value is -3.01. The van der Waals surface area contributed by atoms with Gasteiger partial charge in [-0.1, -0.05) is 24.3 Å². The van der Waals surface area contributed by atoms with Crippen LogP contribution in [0, 0.1) is 13.8 Å². The maximum atomic E-state index is 12.9. The fourth-order valence-corrected chi connectivity index (χ4v) is 3.88. The number of allylic oxidation sites excluding steroid dienone is 1. The van der Waals surface area contributed by atoms with Gasteiger partial charge < -0.3 is 14.1 Å². The number of aryl methyl sites for hydroxylation is 2. The molecular weight excluding hydrogens is 350 g/mol. The lowest BCUT2D eigenvalue weighted by Crippen LogP contribution is -2.34. The average molecular weight is 375 g/mol. The molecule has 1 amide bonds. The van der Waals surface area contributed by atoms with Crippen molar-refractivity contribution in [1.82, 2.24) is 4.90 Å². The van der Waals surface area contributed by atoms with Gasteiger partial charge in [-0.25, -0.2) is 0 Å². The smallest absolute Gasteiger partial charge is 0.247 e. The molecule has 0 saturated heterocycles. The number of ether oxygens (including phenoxy) is 1. The summed E-state index contributed by atoms with van der Waals surface area (Å²) in [7, 11) is 1.64. The standard InChI is InChI=1S/C24H25NO3/c1-15(11-24(26)25-10-9-18-7-5-6-8-19(18)14-25)20-12-21-16(2)17(3)28-23(21)13-22(20)27-4/h5-8,11-13H,9-10,14H2,1-4H3/b15-11+. The summed E-state index contributed by atoms with van der Waals surface area (Å²) in [5, 5.41) is 1.06. The molecule has 0 bridgehead atoms. The van der Waals surface area contributed by atoms with Crippen LogP contribution in [-0.4, -0.2) is 24.5 Å². The van der Waals surface area contributed by atoms with Gasteiger partial charge in [0.05, 0.1) is 7.11 Å². The molecule has 0 fully saturated rings. The topological polar surface area (TPSA) is 42.7 Å². The first-order valence-corrected chi connectivity index (χ1v) is 9.60. The van der Waals surface area contributed by atoms with Gasteiger partial charge in [0.1, 0.15) is 17.1 Å². The van der Waals surface area contributed by atoms with E-state index < -0.39 is 0 Å². The van der Waals surface area contributed by atoms with Crippen molar-refractivity contribution < 1.29 is 13.9 Å². The van der Waals surface area contributed by atoms with Crippen LogP contribution in [0.4, 0.5) is 0 Å². The van der Waals surface area contributed by atoms with Gasteiger partial charge >= 0.3 is 0 Å². The summed E-state index contributed by atoms with van der Waals surface area (Å²) >= 11 is 0. The zero-order valence-corrected chi connectivity index (χ0v) is 16.8. The van der Waals surface area contributed by atoms with Crippen LogP contribution >= 0.6 is 0 Å². The van der Waals surface area contributed by atoms with E-state index in [1.165, 1.54) is 11.1 Å². The summed E-state index contributed by atoms with van der Waals surface area (Å²) in [5.41, 5.74) is 6.31. The Bertz CT molecular complexity index is 1090. The monoisotopic (exact) mass is 375 g/mol. The predicted molar refractivity (Wildman–Crippen MR) is 111 cm³/mol. The van der Waals surface area contributed by atoms with Crippen LogP contribution in [0.2, 0.25) is 0 Å². The minimum atomic E-state index is 0.0363. The number of hydrogen-bond donors (Lipinski definition) is 0. The predicted octanol–water partition coefficient (Wildman–Crippen LogP) is 5.05. The summed E-state index contributed by atoms with van der Waals surface area (Å²) in [6, 6.07) is 12.3. The first-order chi connectivity index (χ1) is 13.5. The van der Waals surface area contributed by atoms with Gasteiger partial charge in [-0.2, -0.15) is 0 Å². The second-order valence-electron chi connectivity index (χ2n) is 7.44. The number of furan rings is 1. The Morgan fingerprint density at radius 1 is 1.18 bits per heavy atom. The van der Waals surface area contributed by atoms with Crippen molar-refractivity contribution in [2.24, 2.45) is 0 Å². The molecule has 0 atom stereocenters. The van der Waals surface area contributed by atoms with Gasteiger partial charge in [0.25, 0.3) is 0 Å². The van der Waals surface area contributed by atoms with Crippen molar-refractivity contribution in [3.05, 3.63) is 70.5 Å². The van der Waals surface area contributed by atoms with Crippen molar-refractivity contribution in [3.8, 4) is 5.75 Å². The molecule has 4 rings (SSSR count). The summed E-state index contributed by atoms with van der Waals surface area (Å²) in [4.78, 5) is 14.8. The molecule has 28 heavy (non-hydrogen) atoms. The van der Waals surface area contributed by atoms with Gasteiger partial charge in [0.15, 0.2) is 0 Å². The third kappa shape index (κ3) is 3.19. The number of carbonyl (C=O) groups excluding carboxylic acids is 1. The molecule has 1 aromatic heterocycles. The molecule has 0 unspecified atom stereocenters. The largest absolute Gasteiger partial charge is 0.496 e. The minimum Gasteiger partial charge on any atom is -0.496 e. The molecule has 2 heterocycles. The number of benzene rings is 2. The molecule has 4 heteroatoms. The molecule has 144 valence electrons. The maximum Gasteiger partial charge on any atom is 0.247 e. The third-order valence-electron chi connectivity index (χ3n) is 5.70. The normalized spacial score (nSPS) is 14.3. The lowest BCUT2D eigenvalue weighted by Gasteiger charge is -2.28. The number of nitrogens with zero attached hydrogens (tertiary/aromatic N) is 1. The third-order valence-corrected chi connectivity index (χ3v) is 5.70. The van der Waals surface area contributed by atoms with Gasteiger partial charge in [0, 0.05) is 36.2 Å². The van der Waals surface area contributed by atoms with E-state index in [4.69, 9.17) is 9.15 Å². The van der Waals surface area contributed by atoms with E-state index in [9.17, 15) is 4.79 Å². The number of methoxy groups -OCH3 is 1. The van der Waals surface area contributed by atoms with Crippen LogP contribution in [0.1, 0.15) is 34.9 Å². The highest BCUT2D eigenvalue weighted by atomic mass is 16.5. The number of rotatable bonds is 3. The zero-order chi connectivity index (χ0) is 19.8. The maximum absolute atomic E-state index is 12.9. The van der Waals surface area contributed by atoms with Crippen LogP contribution < -0.4 is 4.74 Å². The Kier molecular flexibility index (Phi) is 4.71. The Balaban J connectivity index is 1.65. The Morgan fingerprint density at radius 2 is 1.93 bits per heavy atom. The van der Waals surface area contributed by atoms with Crippen LogP contribution in [-0.2, 0) is 17.8 Å². The van der Waals surface area contributed by atoms with Crippen molar-refractivity contribution >= 4 is 22.4 Å². The van der Waals surface area contributed by atoms with Crippen molar-refractivity contribution in [1.29, 1.82) is 0 Å². The molecule has 4 nitrogen and oxygen atoms in total. The van der Waals surface area contributed by atoms with Gasteiger partial charge in [-0.05, 0) is 55.5 Å². The summed E-state index contributed by atoms with van der Waals surface area (Å²) in [6.07, 6.45) is 2.62. The molecule has 0 radical (unpaired) electrons. The summed E-state index contributed by atoms with van der Waals surface area (Å²) in [6.45, 7) is 7.38. The van der Waals surface area contributed by atoms with E-state index in [0.29, 0.717) is 12.3 Å². The van der Waals surface area contributed by atoms with Crippen LogP contribution in [0.5, 0.6) is 5.75 Å². The van der Waals surface area contributed by atoms with E-state index in [1.54, 1.807) is 13.2 Å². The van der Waals surface area contributed by atoms with Crippen LogP contribution in [0.3, 0.4) is 0 Å². The van der Waals surface area contributed by atoms with E-state index in [2.05, 4.69) is 24.3 Å². The number of carbonyl (C=O) groups is 1. The highest BCUT2D eigenvalue weighted by Crippen LogP contribution is 2.35. The quantitative estimate of drug-likeness (QED) is 0.602. The van der Waals surface area contributed by atoms with Gasteiger partial charge in [-0.3, -0.25) is 4.79 Å². The Labute approximate surface area is 165 Å². The zero-order valence-electron chi connectivity index (χ0n) is 16.8. The highest BCUT2D eigenvalue weighted by molar-refractivity contribution is 5.97. The second kappa shape index (κ2) is 7.19. The molecular formula is C24H25NO3. The molecule has 0 spiro atoms. The van der Waals surface area contributed by atoms with E-state index in [1.807, 2.05) is 37.8 Å². The van der Waals surface area contributed by atoms with Crippen LogP contribution in [0.25, 0.3) is 16.5 Å².